The highest BCUT2D eigenvalue weighted by Crippen LogP contribution is 2.24. The zero-order chi connectivity index (χ0) is 22.1. The third kappa shape index (κ3) is 7.75. The molecule has 0 radical (unpaired) electrons. The van der Waals surface area contributed by atoms with Crippen molar-refractivity contribution in [3.63, 3.8) is 0 Å². The van der Waals surface area contributed by atoms with Gasteiger partial charge >= 0.3 is 6.61 Å². The summed E-state index contributed by atoms with van der Waals surface area (Å²) in [6.07, 6.45) is 7.70. The summed E-state index contributed by atoms with van der Waals surface area (Å²) in [5, 5.41) is 18.7. The maximum Gasteiger partial charge on any atom is 0.345 e. The van der Waals surface area contributed by atoms with E-state index in [-0.39, 0.29) is 54.5 Å². The number of halogens is 2. The van der Waals surface area contributed by atoms with Crippen LogP contribution in [0, 0.1) is 5.92 Å². The number of anilines is 1. The molecule has 4 N–H and O–H groups in total. The summed E-state index contributed by atoms with van der Waals surface area (Å²) >= 11 is 0. The van der Waals surface area contributed by atoms with Crippen molar-refractivity contribution in [1.29, 1.82) is 0 Å². The van der Waals surface area contributed by atoms with Crippen molar-refractivity contribution in [2.24, 2.45) is 10.9 Å². The lowest BCUT2D eigenvalue weighted by Crippen LogP contribution is -2.42. The lowest BCUT2D eigenvalue weighted by atomic mass is 9.88. The number of carbonyl (C=O) groups excluding carboxylic acids is 1. The number of carbonyl (C=O) groups is 1. The Hall–Kier alpha value is -2.24. The van der Waals surface area contributed by atoms with E-state index in [0.717, 1.165) is 51.6 Å². The maximum absolute atomic E-state index is 12.8. The molecular formula is C20H30F2N6O3. The van der Waals surface area contributed by atoms with Gasteiger partial charge in [-0.25, -0.2) is 9.98 Å². The van der Waals surface area contributed by atoms with Crippen LogP contribution < -0.4 is 16.0 Å². The Kier molecular flexibility index (Phi) is 9.04. The number of nitrogens with zero attached hydrogens (tertiary/aromatic N) is 3. The summed E-state index contributed by atoms with van der Waals surface area (Å²) in [5.74, 6) is 0.326. The van der Waals surface area contributed by atoms with Gasteiger partial charge in [0.15, 0.2) is 5.82 Å². The van der Waals surface area contributed by atoms with Crippen molar-refractivity contribution < 1.29 is 23.4 Å². The van der Waals surface area contributed by atoms with Gasteiger partial charge in [0.25, 0.3) is 5.91 Å². The van der Waals surface area contributed by atoms with Gasteiger partial charge in [-0.3, -0.25) is 4.79 Å². The van der Waals surface area contributed by atoms with Crippen LogP contribution in [0.5, 0.6) is 0 Å². The molecule has 1 aromatic heterocycles. The average molecular weight is 440 g/mol. The van der Waals surface area contributed by atoms with Gasteiger partial charge in [0, 0.05) is 25.0 Å². The fourth-order valence-electron chi connectivity index (χ4n) is 3.68. The van der Waals surface area contributed by atoms with Crippen LogP contribution in [0.4, 0.5) is 20.5 Å². The van der Waals surface area contributed by atoms with Crippen LogP contribution in [0.1, 0.15) is 48.9 Å². The molecule has 0 spiro atoms. The highest BCUT2D eigenvalue weighted by molar-refractivity contribution is 5.98. The molecule has 1 saturated heterocycles. The highest BCUT2D eigenvalue weighted by atomic mass is 19.3. The van der Waals surface area contributed by atoms with Crippen LogP contribution in [0.15, 0.2) is 11.2 Å². The number of aliphatic imine (C=N–C) groups is 1. The molecule has 31 heavy (non-hydrogen) atoms. The first-order chi connectivity index (χ1) is 15.0. The third-order valence-electron chi connectivity index (χ3n) is 5.47. The van der Waals surface area contributed by atoms with Gasteiger partial charge < -0.3 is 25.8 Å². The molecular weight excluding hydrogens is 410 g/mol. The van der Waals surface area contributed by atoms with Gasteiger partial charge in [0.1, 0.15) is 5.56 Å². The molecule has 172 valence electrons. The first-order valence-electron chi connectivity index (χ1n) is 10.8. The second-order valence-corrected chi connectivity index (χ2v) is 7.83. The Balaban J connectivity index is 1.70. The number of nitrogens with one attached hydrogen (secondary N) is 3. The smallest absolute Gasteiger partial charge is 0.345 e. The summed E-state index contributed by atoms with van der Waals surface area (Å²) in [7, 11) is 0. The fraction of sp³-hybridized carbons (Fsp3) is 0.700. The van der Waals surface area contributed by atoms with E-state index in [1.165, 1.54) is 6.20 Å². The molecule has 1 aliphatic carbocycles. The Bertz CT molecular complexity index is 738. The van der Waals surface area contributed by atoms with E-state index >= 15 is 0 Å². The molecule has 2 heterocycles. The molecule has 9 nitrogen and oxygen atoms in total. The number of aliphatic hydroxyl groups is 1. The maximum atomic E-state index is 12.8. The number of hydrogen-bond acceptors (Lipinski definition) is 8. The summed E-state index contributed by atoms with van der Waals surface area (Å²) < 4.78 is 28.4. The van der Waals surface area contributed by atoms with Gasteiger partial charge in [0.2, 0.25) is 5.95 Å². The van der Waals surface area contributed by atoms with Crippen LogP contribution >= 0.6 is 0 Å². The monoisotopic (exact) mass is 440 g/mol. The third-order valence-corrected chi connectivity index (χ3v) is 5.47. The first kappa shape index (κ1) is 23.4. The van der Waals surface area contributed by atoms with E-state index in [1.807, 2.05) is 0 Å². The summed E-state index contributed by atoms with van der Waals surface area (Å²) in [6.45, 7) is -1.25. The van der Waals surface area contributed by atoms with Gasteiger partial charge in [-0.1, -0.05) is 0 Å². The minimum absolute atomic E-state index is 0.0784. The van der Waals surface area contributed by atoms with Crippen molar-refractivity contribution >= 4 is 23.9 Å². The van der Waals surface area contributed by atoms with E-state index in [4.69, 9.17) is 0 Å². The molecule has 0 unspecified atom stereocenters. The Morgan fingerprint density at radius 1 is 1.29 bits per heavy atom. The number of ether oxygens (including phenoxy) is 1. The Morgan fingerprint density at radius 2 is 2.03 bits per heavy atom. The van der Waals surface area contributed by atoms with Gasteiger partial charge in [-0.05, 0) is 57.5 Å². The number of piperidine rings is 1. The van der Waals surface area contributed by atoms with Crippen LogP contribution in [0.25, 0.3) is 0 Å². The molecule has 3 rings (SSSR count). The zero-order valence-corrected chi connectivity index (χ0v) is 17.4. The van der Waals surface area contributed by atoms with Crippen molar-refractivity contribution in [2.45, 2.75) is 57.3 Å². The van der Waals surface area contributed by atoms with Crippen LogP contribution in [0.3, 0.4) is 0 Å². The standard InChI is InChI=1S/C20H30F2N6O3/c21-19(22)31-10-9-24-20-26-12-16(18(30)27-14-5-7-23-8-6-14)17(28-20)25-11-13-1-3-15(29)4-2-13/h11-15,19,23,29H,1-10H2,(H,27,30)(H,24,26,28)/b25-11-. The van der Waals surface area contributed by atoms with Gasteiger partial charge in [-0.2, -0.15) is 13.8 Å². The molecule has 0 bridgehead atoms. The van der Waals surface area contributed by atoms with Crippen LogP contribution in [-0.2, 0) is 4.74 Å². The molecule has 1 amide bonds. The molecule has 0 atom stereocenters. The lowest BCUT2D eigenvalue weighted by molar-refractivity contribution is -0.125. The van der Waals surface area contributed by atoms with Crippen molar-refractivity contribution in [3.05, 3.63) is 11.8 Å². The minimum atomic E-state index is -2.84. The topological polar surface area (TPSA) is 121 Å². The number of hydrogen-bond donors (Lipinski definition) is 4. The number of aromatic nitrogens is 2. The van der Waals surface area contributed by atoms with E-state index in [9.17, 15) is 18.7 Å². The average Bonchev–Trinajstić information content (AvgIpc) is 2.77. The Morgan fingerprint density at radius 3 is 2.74 bits per heavy atom. The molecule has 1 saturated carbocycles. The summed E-state index contributed by atoms with van der Waals surface area (Å²) in [4.78, 5) is 25.7. The Labute approximate surface area is 180 Å². The number of aliphatic hydroxyl groups excluding tert-OH is 1. The van der Waals surface area contributed by atoms with E-state index in [1.54, 1.807) is 6.21 Å². The predicted molar refractivity (Wildman–Crippen MR) is 112 cm³/mol. The molecule has 2 fully saturated rings. The van der Waals surface area contributed by atoms with Crippen LogP contribution in [0.2, 0.25) is 0 Å². The normalized spacial score (nSPS) is 22.7. The van der Waals surface area contributed by atoms with Crippen LogP contribution in [-0.4, -0.2) is 72.2 Å². The van der Waals surface area contributed by atoms with Crippen molar-refractivity contribution in [3.8, 4) is 0 Å². The molecule has 0 aromatic carbocycles. The molecule has 2 aliphatic rings. The lowest BCUT2D eigenvalue weighted by Gasteiger charge is -2.24. The number of rotatable bonds is 9. The largest absolute Gasteiger partial charge is 0.393 e. The van der Waals surface area contributed by atoms with Crippen molar-refractivity contribution in [1.82, 2.24) is 20.6 Å². The number of amides is 1. The zero-order valence-electron chi connectivity index (χ0n) is 17.4. The molecule has 11 heteroatoms. The number of alkyl halides is 2. The summed E-state index contributed by atoms with van der Waals surface area (Å²) in [6, 6.07) is 0.0784. The fourth-order valence-corrected chi connectivity index (χ4v) is 3.68. The summed E-state index contributed by atoms with van der Waals surface area (Å²) in [5.41, 5.74) is 0.264. The minimum Gasteiger partial charge on any atom is -0.393 e. The van der Waals surface area contributed by atoms with Gasteiger partial charge in [-0.15, -0.1) is 0 Å². The molecule has 1 aromatic rings. The van der Waals surface area contributed by atoms with E-state index in [2.05, 4.69) is 35.6 Å². The van der Waals surface area contributed by atoms with Gasteiger partial charge in [0.05, 0.1) is 12.7 Å². The second-order valence-electron chi connectivity index (χ2n) is 7.83. The predicted octanol–water partition coefficient (Wildman–Crippen LogP) is 1.86. The molecule has 1 aliphatic heterocycles. The van der Waals surface area contributed by atoms with E-state index in [0.29, 0.717) is 0 Å². The second kappa shape index (κ2) is 12.0. The first-order valence-corrected chi connectivity index (χ1v) is 10.8. The van der Waals surface area contributed by atoms with E-state index < -0.39 is 6.61 Å². The quantitative estimate of drug-likeness (QED) is 0.342. The van der Waals surface area contributed by atoms with Crippen molar-refractivity contribution in [2.75, 3.05) is 31.6 Å². The SMILES string of the molecule is O=C(NC1CCNCC1)c1cnc(NCCOC(F)F)nc1/N=C\C1CCC(O)CC1. The highest BCUT2D eigenvalue weighted by Gasteiger charge is 2.21.